The van der Waals surface area contributed by atoms with Gasteiger partial charge in [-0.1, -0.05) is 0 Å². The minimum absolute atomic E-state index is 0.113. The average molecular weight is 277 g/mol. The van der Waals surface area contributed by atoms with Crippen molar-refractivity contribution in [2.45, 2.75) is 32.4 Å². The maximum atomic E-state index is 11.2. The predicted molar refractivity (Wildman–Crippen MR) is 70.6 cm³/mol. The third-order valence-corrected chi connectivity index (χ3v) is 3.74. The van der Waals surface area contributed by atoms with E-state index in [1.807, 2.05) is 26.2 Å². The van der Waals surface area contributed by atoms with Crippen LogP contribution in [0.5, 0.6) is 0 Å². The van der Waals surface area contributed by atoms with Crippen molar-refractivity contribution in [1.82, 2.24) is 15.0 Å². The van der Waals surface area contributed by atoms with Crippen LogP contribution in [0.1, 0.15) is 32.5 Å². The van der Waals surface area contributed by atoms with Gasteiger partial charge in [-0.2, -0.15) is 0 Å². The molecule has 0 saturated heterocycles. The second kappa shape index (κ2) is 5.43. The van der Waals surface area contributed by atoms with Gasteiger partial charge in [-0.3, -0.25) is 0 Å². The van der Waals surface area contributed by atoms with Crippen molar-refractivity contribution in [2.75, 3.05) is 12.8 Å². The Morgan fingerprint density at radius 3 is 2.65 bits per heavy atom. The van der Waals surface area contributed by atoms with Crippen LogP contribution in [0.25, 0.3) is 0 Å². The molecule has 98 valence electrons. The lowest BCUT2D eigenvalue weighted by atomic mass is 10.1. The molecule has 0 aliphatic heterocycles. The number of rotatable bonds is 6. The summed E-state index contributed by atoms with van der Waals surface area (Å²) in [6, 6.07) is 0.113. The van der Waals surface area contributed by atoms with Crippen molar-refractivity contribution in [3.05, 3.63) is 16.6 Å². The van der Waals surface area contributed by atoms with Gasteiger partial charge in [0.25, 0.3) is 0 Å². The van der Waals surface area contributed by atoms with Gasteiger partial charge in [-0.25, -0.2) is 18.1 Å². The molecule has 1 atom stereocenters. The van der Waals surface area contributed by atoms with Crippen molar-refractivity contribution in [2.24, 2.45) is 0 Å². The first-order valence-electron chi connectivity index (χ1n) is 5.30. The summed E-state index contributed by atoms with van der Waals surface area (Å²) in [5.74, 6) is 0. The van der Waals surface area contributed by atoms with Crippen molar-refractivity contribution in [3.63, 3.8) is 0 Å². The first kappa shape index (κ1) is 14.6. The molecule has 0 spiro atoms. The van der Waals surface area contributed by atoms with Crippen LogP contribution in [0.4, 0.5) is 0 Å². The number of hydrogen-bond acceptors (Lipinski definition) is 5. The van der Waals surface area contributed by atoms with E-state index in [0.29, 0.717) is 6.54 Å². The standard InChI is InChI=1S/C10H19N3O2S2/c1-8(9-5-16-7-12-9)11-6-10(2,3)13-17(4,14)15/h5,7-8,11,13H,6H2,1-4H3. The molecule has 2 N–H and O–H groups in total. The molecule has 1 unspecified atom stereocenters. The molecule has 0 fully saturated rings. The normalized spacial score (nSPS) is 14.8. The van der Waals surface area contributed by atoms with E-state index in [2.05, 4.69) is 15.0 Å². The number of sulfonamides is 1. The first-order chi connectivity index (χ1) is 7.70. The number of aromatic nitrogens is 1. The Morgan fingerprint density at radius 2 is 2.18 bits per heavy atom. The van der Waals surface area contributed by atoms with Gasteiger partial charge in [0, 0.05) is 23.5 Å². The van der Waals surface area contributed by atoms with Crippen LogP contribution in [-0.4, -0.2) is 31.7 Å². The van der Waals surface area contributed by atoms with Crippen molar-refractivity contribution >= 4 is 21.4 Å². The molecule has 7 heteroatoms. The van der Waals surface area contributed by atoms with Gasteiger partial charge < -0.3 is 5.32 Å². The summed E-state index contributed by atoms with van der Waals surface area (Å²) in [5, 5.41) is 5.25. The maximum Gasteiger partial charge on any atom is 0.209 e. The van der Waals surface area contributed by atoms with Gasteiger partial charge in [-0.05, 0) is 20.8 Å². The van der Waals surface area contributed by atoms with Gasteiger partial charge >= 0.3 is 0 Å². The van der Waals surface area contributed by atoms with E-state index in [-0.39, 0.29) is 6.04 Å². The summed E-state index contributed by atoms with van der Waals surface area (Å²) in [6.07, 6.45) is 1.17. The highest BCUT2D eigenvalue weighted by atomic mass is 32.2. The zero-order valence-electron chi connectivity index (χ0n) is 10.5. The summed E-state index contributed by atoms with van der Waals surface area (Å²) in [6.45, 7) is 6.23. The largest absolute Gasteiger partial charge is 0.307 e. The van der Waals surface area contributed by atoms with E-state index in [4.69, 9.17) is 0 Å². The summed E-state index contributed by atoms with van der Waals surface area (Å²) < 4.78 is 24.9. The van der Waals surface area contributed by atoms with Crippen molar-refractivity contribution in [3.8, 4) is 0 Å². The van der Waals surface area contributed by atoms with E-state index in [0.717, 1.165) is 5.69 Å². The summed E-state index contributed by atoms with van der Waals surface area (Å²) in [4.78, 5) is 4.21. The van der Waals surface area contributed by atoms with Gasteiger partial charge in [0.2, 0.25) is 10.0 Å². The van der Waals surface area contributed by atoms with E-state index >= 15 is 0 Å². The van der Waals surface area contributed by atoms with Crippen LogP contribution >= 0.6 is 11.3 Å². The van der Waals surface area contributed by atoms with Gasteiger partial charge in [0.15, 0.2) is 0 Å². The highest BCUT2D eigenvalue weighted by Crippen LogP contribution is 2.13. The monoisotopic (exact) mass is 277 g/mol. The fraction of sp³-hybridized carbons (Fsp3) is 0.700. The quantitative estimate of drug-likeness (QED) is 0.817. The lowest BCUT2D eigenvalue weighted by Crippen LogP contribution is -2.50. The topological polar surface area (TPSA) is 71.1 Å². The summed E-state index contributed by atoms with van der Waals surface area (Å²) in [5.41, 5.74) is 2.25. The van der Waals surface area contributed by atoms with E-state index in [9.17, 15) is 8.42 Å². The van der Waals surface area contributed by atoms with Crippen LogP contribution in [0, 0.1) is 0 Å². The predicted octanol–water partition coefficient (Wildman–Crippen LogP) is 1.12. The molecule has 0 aromatic carbocycles. The van der Waals surface area contributed by atoms with E-state index < -0.39 is 15.6 Å². The van der Waals surface area contributed by atoms with Gasteiger partial charge in [0.05, 0.1) is 17.5 Å². The van der Waals surface area contributed by atoms with Crippen LogP contribution in [0.15, 0.2) is 10.9 Å². The van der Waals surface area contributed by atoms with Crippen LogP contribution in [0.2, 0.25) is 0 Å². The Labute approximate surface area is 107 Å². The molecule has 1 aromatic rings. The molecule has 0 saturated carbocycles. The third kappa shape index (κ3) is 5.58. The number of hydrogen-bond donors (Lipinski definition) is 2. The molecule has 5 nitrogen and oxygen atoms in total. The second-order valence-corrected chi connectivity index (χ2v) is 7.24. The maximum absolute atomic E-state index is 11.2. The third-order valence-electron chi connectivity index (χ3n) is 2.21. The highest BCUT2D eigenvalue weighted by Gasteiger charge is 2.22. The summed E-state index contributed by atoms with van der Waals surface area (Å²) >= 11 is 1.55. The van der Waals surface area contributed by atoms with Gasteiger partial charge in [0.1, 0.15) is 0 Å². The lowest BCUT2D eigenvalue weighted by molar-refractivity contribution is 0.397. The molecule has 0 radical (unpaired) electrons. The fourth-order valence-corrected chi connectivity index (χ4v) is 3.21. The highest BCUT2D eigenvalue weighted by molar-refractivity contribution is 7.88. The van der Waals surface area contributed by atoms with E-state index in [1.54, 1.807) is 16.8 Å². The molecule has 17 heavy (non-hydrogen) atoms. The number of thiazole rings is 1. The molecule has 0 amide bonds. The number of nitrogens with zero attached hydrogens (tertiary/aromatic N) is 1. The Balaban J connectivity index is 2.50. The number of nitrogens with one attached hydrogen (secondary N) is 2. The first-order valence-corrected chi connectivity index (χ1v) is 8.13. The van der Waals surface area contributed by atoms with Gasteiger partial charge in [-0.15, -0.1) is 11.3 Å². The molecular formula is C10H19N3O2S2. The minimum Gasteiger partial charge on any atom is -0.307 e. The minimum atomic E-state index is -3.19. The smallest absolute Gasteiger partial charge is 0.209 e. The van der Waals surface area contributed by atoms with E-state index in [1.165, 1.54) is 6.26 Å². The molecule has 1 aromatic heterocycles. The van der Waals surface area contributed by atoms with Crippen molar-refractivity contribution < 1.29 is 8.42 Å². The lowest BCUT2D eigenvalue weighted by Gasteiger charge is -2.27. The fourth-order valence-electron chi connectivity index (χ4n) is 1.49. The summed E-state index contributed by atoms with van der Waals surface area (Å²) in [7, 11) is -3.19. The average Bonchev–Trinajstić information content (AvgIpc) is 2.63. The molecular weight excluding hydrogens is 258 g/mol. The van der Waals surface area contributed by atoms with Crippen molar-refractivity contribution in [1.29, 1.82) is 0 Å². The zero-order valence-corrected chi connectivity index (χ0v) is 12.2. The molecule has 0 aliphatic rings. The van der Waals surface area contributed by atoms with Crippen LogP contribution in [0.3, 0.4) is 0 Å². The Morgan fingerprint density at radius 1 is 1.53 bits per heavy atom. The van der Waals surface area contributed by atoms with Crippen LogP contribution in [-0.2, 0) is 10.0 Å². The SMILES string of the molecule is CC(NCC(C)(C)NS(C)(=O)=O)c1cscn1. The van der Waals surface area contributed by atoms with Crippen LogP contribution < -0.4 is 10.0 Å². The Kier molecular flexibility index (Phi) is 4.65. The second-order valence-electron chi connectivity index (χ2n) is 4.77. The molecule has 0 aliphatic carbocycles. The Hall–Kier alpha value is -0.500. The zero-order chi connectivity index (χ0) is 13.1. The Bertz CT molecular complexity index is 440. The molecule has 0 bridgehead atoms. The molecule has 1 rings (SSSR count). The molecule has 1 heterocycles.